The summed E-state index contributed by atoms with van der Waals surface area (Å²) in [5, 5.41) is 2.81. The Morgan fingerprint density at radius 2 is 1.54 bits per heavy atom. The van der Waals surface area contributed by atoms with Gasteiger partial charge in [0.2, 0.25) is 11.8 Å². The number of likely N-dealkylation sites (N-methyl/N-ethyl adjacent to an activating group) is 1. The van der Waals surface area contributed by atoms with Crippen LogP contribution in [0.5, 0.6) is 0 Å². The van der Waals surface area contributed by atoms with E-state index in [4.69, 9.17) is 0 Å². The van der Waals surface area contributed by atoms with Crippen LogP contribution in [0.3, 0.4) is 0 Å². The fraction of sp³-hybridized carbons (Fsp3) is 0.286. The van der Waals surface area contributed by atoms with Crippen molar-refractivity contribution in [1.82, 2.24) is 10.2 Å². The highest BCUT2D eigenvalue weighted by Crippen LogP contribution is 2.25. The van der Waals surface area contributed by atoms with Gasteiger partial charge in [-0.15, -0.1) is 0 Å². The second-order valence-electron chi connectivity index (χ2n) is 8.63. The van der Waals surface area contributed by atoms with Gasteiger partial charge in [-0.05, 0) is 84.8 Å². The van der Waals surface area contributed by atoms with Crippen molar-refractivity contribution in [1.29, 1.82) is 0 Å². The van der Waals surface area contributed by atoms with Crippen LogP contribution in [0.25, 0.3) is 0 Å². The summed E-state index contributed by atoms with van der Waals surface area (Å²) in [5.41, 5.74) is 2.31. The number of hydrogen-bond donors (Lipinski definition) is 1. The molecule has 9 heteroatoms. The van der Waals surface area contributed by atoms with E-state index in [0.717, 1.165) is 19.0 Å². The number of benzene rings is 3. The van der Waals surface area contributed by atoms with E-state index in [9.17, 15) is 18.0 Å². The lowest BCUT2D eigenvalue weighted by Crippen LogP contribution is -2.52. The smallest absolute Gasteiger partial charge is 0.264 e. The van der Waals surface area contributed by atoms with Gasteiger partial charge in [-0.2, -0.15) is 0 Å². The van der Waals surface area contributed by atoms with Gasteiger partial charge < -0.3 is 10.2 Å². The molecule has 2 amide bonds. The highest BCUT2D eigenvalue weighted by atomic mass is 127. The third kappa shape index (κ3) is 7.32. The van der Waals surface area contributed by atoms with Gasteiger partial charge in [0.25, 0.3) is 10.0 Å². The maximum atomic E-state index is 13.9. The zero-order chi connectivity index (χ0) is 27.0. The van der Waals surface area contributed by atoms with Crippen LogP contribution in [0.15, 0.2) is 83.8 Å². The van der Waals surface area contributed by atoms with Crippen LogP contribution < -0.4 is 9.62 Å². The zero-order valence-corrected chi connectivity index (χ0v) is 24.2. The molecule has 0 aliphatic carbocycles. The Balaban J connectivity index is 2.03. The molecule has 1 N–H and O–H groups in total. The first-order valence-corrected chi connectivity index (χ1v) is 14.6. The van der Waals surface area contributed by atoms with Gasteiger partial charge in [0, 0.05) is 16.7 Å². The molecule has 7 nitrogen and oxygen atoms in total. The largest absolute Gasteiger partial charge is 0.355 e. The Morgan fingerprint density at radius 3 is 2.11 bits per heavy atom. The normalized spacial score (nSPS) is 12.0. The predicted octanol–water partition coefficient (Wildman–Crippen LogP) is 4.74. The van der Waals surface area contributed by atoms with Gasteiger partial charge in [-0.1, -0.05) is 55.0 Å². The van der Waals surface area contributed by atoms with Crippen molar-refractivity contribution in [3.63, 3.8) is 0 Å². The summed E-state index contributed by atoms with van der Waals surface area (Å²) in [6, 6.07) is 22.0. The highest BCUT2D eigenvalue weighted by Gasteiger charge is 2.33. The Hall–Kier alpha value is -2.92. The summed E-state index contributed by atoms with van der Waals surface area (Å²) < 4.78 is 29.5. The summed E-state index contributed by atoms with van der Waals surface area (Å²) in [7, 11) is -4.05. The fourth-order valence-electron chi connectivity index (χ4n) is 3.96. The van der Waals surface area contributed by atoms with Crippen LogP contribution in [0.2, 0.25) is 0 Å². The molecule has 0 aromatic heterocycles. The van der Waals surface area contributed by atoms with E-state index in [2.05, 4.69) is 27.9 Å². The van der Waals surface area contributed by atoms with Crippen LogP contribution >= 0.6 is 22.6 Å². The first kappa shape index (κ1) is 28.6. The number of sulfonamides is 1. The quantitative estimate of drug-likeness (QED) is 0.310. The van der Waals surface area contributed by atoms with Crippen LogP contribution in [-0.4, -0.2) is 44.3 Å². The average molecular weight is 634 g/mol. The monoisotopic (exact) mass is 633 g/mol. The van der Waals surface area contributed by atoms with Crippen LogP contribution in [0, 0.1) is 10.5 Å². The lowest BCUT2D eigenvalue weighted by atomic mass is 10.1. The van der Waals surface area contributed by atoms with Crippen molar-refractivity contribution in [3.8, 4) is 0 Å². The Kier molecular flexibility index (Phi) is 10.1. The molecule has 0 heterocycles. The van der Waals surface area contributed by atoms with E-state index >= 15 is 0 Å². The molecule has 0 radical (unpaired) electrons. The summed E-state index contributed by atoms with van der Waals surface area (Å²) >= 11 is 2.14. The second kappa shape index (κ2) is 13.0. The van der Waals surface area contributed by atoms with Crippen molar-refractivity contribution in [2.45, 2.75) is 44.7 Å². The van der Waals surface area contributed by atoms with Crippen molar-refractivity contribution in [3.05, 3.63) is 93.6 Å². The molecule has 1 atom stereocenters. The molecule has 0 aliphatic heterocycles. The Bertz CT molecular complexity index is 1300. The van der Waals surface area contributed by atoms with E-state index in [1.54, 1.807) is 42.5 Å². The molecule has 0 aliphatic rings. The van der Waals surface area contributed by atoms with Gasteiger partial charge >= 0.3 is 0 Å². The molecular formula is C28H32IN3O4S. The maximum absolute atomic E-state index is 13.9. The van der Waals surface area contributed by atoms with E-state index in [1.807, 2.05) is 45.0 Å². The number of halogens is 1. The fourth-order valence-corrected chi connectivity index (χ4v) is 5.75. The van der Waals surface area contributed by atoms with Gasteiger partial charge in [-0.25, -0.2) is 8.42 Å². The number of hydrogen-bond acceptors (Lipinski definition) is 4. The second-order valence-corrected chi connectivity index (χ2v) is 11.7. The van der Waals surface area contributed by atoms with E-state index in [0.29, 0.717) is 18.7 Å². The number of nitrogens with one attached hydrogen (secondary N) is 1. The summed E-state index contributed by atoms with van der Waals surface area (Å²) in [5.74, 6) is -0.728. The molecule has 0 saturated heterocycles. The number of nitrogens with zero attached hydrogens (tertiary/aromatic N) is 2. The Morgan fingerprint density at radius 1 is 0.919 bits per heavy atom. The Labute approximate surface area is 233 Å². The molecule has 0 unspecified atom stereocenters. The molecule has 0 saturated carbocycles. The molecule has 37 heavy (non-hydrogen) atoms. The molecule has 0 bridgehead atoms. The maximum Gasteiger partial charge on any atom is 0.264 e. The van der Waals surface area contributed by atoms with Gasteiger partial charge in [0.15, 0.2) is 0 Å². The van der Waals surface area contributed by atoms with Crippen LogP contribution in [-0.2, 0) is 26.2 Å². The van der Waals surface area contributed by atoms with Crippen molar-refractivity contribution >= 4 is 50.1 Å². The number of amides is 2. The number of anilines is 1. The first-order valence-electron chi connectivity index (χ1n) is 12.1. The highest BCUT2D eigenvalue weighted by molar-refractivity contribution is 14.1. The molecule has 0 fully saturated rings. The molecule has 3 rings (SSSR count). The minimum absolute atomic E-state index is 0.0854. The van der Waals surface area contributed by atoms with Gasteiger partial charge in [0.1, 0.15) is 12.6 Å². The van der Waals surface area contributed by atoms with Crippen molar-refractivity contribution in [2.24, 2.45) is 0 Å². The third-order valence-electron chi connectivity index (χ3n) is 5.94. The standard InChI is InChI=1S/C28H32IN3O4S/c1-4-26(28(34)30-5-2)31(19-22-13-11-21(3)12-14-22)27(33)20-32(24-17-15-23(29)16-18-24)37(35,36)25-9-7-6-8-10-25/h6-18,26H,4-5,19-20H2,1-3H3,(H,30,34)/t26-/m1/s1. The molecule has 0 spiro atoms. The summed E-state index contributed by atoms with van der Waals surface area (Å²) in [6.45, 7) is 5.80. The van der Waals surface area contributed by atoms with Crippen LogP contribution in [0.1, 0.15) is 31.4 Å². The summed E-state index contributed by atoms with van der Waals surface area (Å²) in [4.78, 5) is 28.4. The lowest BCUT2D eigenvalue weighted by molar-refractivity contribution is -0.140. The average Bonchev–Trinajstić information content (AvgIpc) is 2.89. The minimum atomic E-state index is -4.05. The zero-order valence-electron chi connectivity index (χ0n) is 21.2. The molecule has 3 aromatic carbocycles. The van der Waals surface area contributed by atoms with Crippen LogP contribution in [0.4, 0.5) is 5.69 Å². The number of aryl methyl sites for hydroxylation is 1. The third-order valence-corrected chi connectivity index (χ3v) is 8.44. The van der Waals surface area contributed by atoms with Crippen molar-refractivity contribution in [2.75, 3.05) is 17.4 Å². The number of carbonyl (C=O) groups is 2. The number of rotatable bonds is 11. The molecular weight excluding hydrogens is 601 g/mol. The molecule has 196 valence electrons. The van der Waals surface area contributed by atoms with E-state index in [-0.39, 0.29) is 17.3 Å². The lowest BCUT2D eigenvalue weighted by Gasteiger charge is -2.33. The van der Waals surface area contributed by atoms with E-state index in [1.165, 1.54) is 17.0 Å². The van der Waals surface area contributed by atoms with Crippen molar-refractivity contribution < 1.29 is 18.0 Å². The minimum Gasteiger partial charge on any atom is -0.355 e. The van der Waals surface area contributed by atoms with Gasteiger partial charge in [0.05, 0.1) is 10.6 Å². The molecule has 3 aromatic rings. The van der Waals surface area contributed by atoms with E-state index < -0.39 is 28.5 Å². The summed E-state index contributed by atoms with van der Waals surface area (Å²) in [6.07, 6.45) is 0.387. The number of carbonyl (C=O) groups excluding carboxylic acids is 2. The first-order chi connectivity index (χ1) is 17.7. The topological polar surface area (TPSA) is 86.8 Å². The van der Waals surface area contributed by atoms with Gasteiger partial charge in [-0.3, -0.25) is 13.9 Å². The SMILES string of the molecule is CCNC(=O)[C@@H](CC)N(Cc1ccc(C)cc1)C(=O)CN(c1ccc(I)cc1)S(=O)(=O)c1ccccc1. The predicted molar refractivity (Wildman–Crippen MR) is 155 cm³/mol.